The summed E-state index contributed by atoms with van der Waals surface area (Å²) in [7, 11) is 1.70. The number of benzene rings is 1. The lowest BCUT2D eigenvalue weighted by molar-refractivity contribution is 0.1000. The molecule has 0 aliphatic heterocycles. The van der Waals surface area contributed by atoms with Gasteiger partial charge < -0.3 is 15.8 Å². The van der Waals surface area contributed by atoms with Gasteiger partial charge in [0.05, 0.1) is 0 Å². The van der Waals surface area contributed by atoms with Crippen LogP contribution in [0.2, 0.25) is 0 Å². The van der Waals surface area contributed by atoms with E-state index in [-0.39, 0.29) is 5.91 Å². The van der Waals surface area contributed by atoms with Gasteiger partial charge in [-0.2, -0.15) is 0 Å². The molecule has 4 heteroatoms. The van der Waals surface area contributed by atoms with E-state index in [2.05, 4.69) is 12.2 Å². The lowest BCUT2D eigenvalue weighted by Gasteiger charge is -2.11. The Morgan fingerprint density at radius 3 is 2.94 bits per heavy atom. The minimum absolute atomic E-state index is 0.389. The molecule has 0 aliphatic rings. The first-order chi connectivity index (χ1) is 8.13. The molecule has 1 aromatic rings. The van der Waals surface area contributed by atoms with Crippen LogP contribution < -0.4 is 11.1 Å². The number of nitrogens with one attached hydrogen (secondary N) is 1. The molecule has 1 unspecified atom stereocenters. The molecule has 0 heterocycles. The van der Waals surface area contributed by atoms with Crippen molar-refractivity contribution in [3.8, 4) is 0 Å². The molecule has 1 aromatic carbocycles. The predicted molar refractivity (Wildman–Crippen MR) is 67.7 cm³/mol. The second-order valence-electron chi connectivity index (χ2n) is 4.26. The van der Waals surface area contributed by atoms with Gasteiger partial charge in [-0.3, -0.25) is 4.79 Å². The first-order valence-electron chi connectivity index (χ1n) is 5.72. The van der Waals surface area contributed by atoms with Crippen molar-refractivity contribution in [3.63, 3.8) is 0 Å². The monoisotopic (exact) mass is 236 g/mol. The summed E-state index contributed by atoms with van der Waals surface area (Å²) < 4.78 is 5.06. The summed E-state index contributed by atoms with van der Waals surface area (Å²) >= 11 is 0. The van der Waals surface area contributed by atoms with E-state index in [1.807, 2.05) is 18.2 Å². The van der Waals surface area contributed by atoms with Crippen LogP contribution in [-0.2, 0) is 11.3 Å². The van der Waals surface area contributed by atoms with Gasteiger partial charge in [0.15, 0.2) is 0 Å². The Kier molecular flexibility index (Phi) is 5.66. The number of methoxy groups -OCH3 is 1. The fraction of sp³-hybridized carbons (Fsp3) is 0.462. The summed E-state index contributed by atoms with van der Waals surface area (Å²) in [5, 5.41) is 3.32. The Bertz CT molecular complexity index is 366. The standard InChI is InChI=1S/C13H20N2O2/c1-10(9-17-2)7-15-8-11-4-3-5-12(6-11)13(14)16/h3-6,10,15H,7-9H2,1-2H3,(H2,14,16). The topological polar surface area (TPSA) is 64.3 Å². The third-order valence-corrected chi connectivity index (χ3v) is 2.48. The van der Waals surface area contributed by atoms with Crippen LogP contribution >= 0.6 is 0 Å². The maximum atomic E-state index is 11.0. The van der Waals surface area contributed by atoms with E-state index >= 15 is 0 Å². The maximum Gasteiger partial charge on any atom is 0.248 e. The number of carbonyl (C=O) groups excluding carboxylic acids is 1. The molecule has 0 fully saturated rings. The van der Waals surface area contributed by atoms with Crippen molar-refractivity contribution in [1.82, 2.24) is 5.32 Å². The van der Waals surface area contributed by atoms with Crippen LogP contribution in [0.3, 0.4) is 0 Å². The maximum absolute atomic E-state index is 11.0. The van der Waals surface area contributed by atoms with Crippen molar-refractivity contribution in [2.24, 2.45) is 11.7 Å². The van der Waals surface area contributed by atoms with Crippen molar-refractivity contribution in [2.75, 3.05) is 20.3 Å². The smallest absolute Gasteiger partial charge is 0.248 e. The molecule has 17 heavy (non-hydrogen) atoms. The van der Waals surface area contributed by atoms with Crippen LogP contribution in [0.4, 0.5) is 0 Å². The molecule has 94 valence electrons. The molecule has 0 radical (unpaired) electrons. The van der Waals surface area contributed by atoms with Gasteiger partial charge >= 0.3 is 0 Å². The average Bonchev–Trinajstić information content (AvgIpc) is 2.30. The second-order valence-corrected chi connectivity index (χ2v) is 4.26. The molecule has 0 bridgehead atoms. The lowest BCUT2D eigenvalue weighted by atomic mass is 10.1. The van der Waals surface area contributed by atoms with E-state index in [9.17, 15) is 4.79 Å². The van der Waals surface area contributed by atoms with Crippen LogP contribution in [0.15, 0.2) is 24.3 Å². The van der Waals surface area contributed by atoms with Crippen molar-refractivity contribution >= 4 is 5.91 Å². The van der Waals surface area contributed by atoms with Crippen LogP contribution in [0.5, 0.6) is 0 Å². The molecule has 0 saturated heterocycles. The minimum atomic E-state index is -0.389. The van der Waals surface area contributed by atoms with Gasteiger partial charge in [0.2, 0.25) is 5.91 Å². The molecule has 0 spiro atoms. The highest BCUT2D eigenvalue weighted by molar-refractivity contribution is 5.92. The van der Waals surface area contributed by atoms with Gasteiger partial charge in [0.1, 0.15) is 0 Å². The Hall–Kier alpha value is -1.39. The second kappa shape index (κ2) is 7.04. The molecule has 1 rings (SSSR count). The molecule has 4 nitrogen and oxygen atoms in total. The van der Waals surface area contributed by atoms with Gasteiger partial charge in [0.25, 0.3) is 0 Å². The number of hydrogen-bond donors (Lipinski definition) is 2. The summed E-state index contributed by atoms with van der Waals surface area (Å²) in [5.41, 5.74) is 6.83. The van der Waals surface area contributed by atoms with Crippen molar-refractivity contribution in [1.29, 1.82) is 0 Å². The highest BCUT2D eigenvalue weighted by Gasteiger charge is 2.03. The zero-order valence-corrected chi connectivity index (χ0v) is 10.4. The molecular formula is C13H20N2O2. The summed E-state index contributed by atoms with van der Waals surface area (Å²) in [4.78, 5) is 11.0. The Labute approximate surface area is 102 Å². The van der Waals surface area contributed by atoms with Gasteiger partial charge in [-0.05, 0) is 23.6 Å². The first kappa shape index (κ1) is 13.7. The lowest BCUT2D eigenvalue weighted by Crippen LogP contribution is -2.23. The third-order valence-electron chi connectivity index (χ3n) is 2.48. The Morgan fingerprint density at radius 1 is 1.53 bits per heavy atom. The van der Waals surface area contributed by atoms with E-state index in [1.54, 1.807) is 13.2 Å². The fourth-order valence-corrected chi connectivity index (χ4v) is 1.64. The summed E-state index contributed by atoms with van der Waals surface area (Å²) in [6.07, 6.45) is 0. The Balaban J connectivity index is 2.41. The quantitative estimate of drug-likeness (QED) is 0.746. The van der Waals surface area contributed by atoms with E-state index < -0.39 is 0 Å². The van der Waals surface area contributed by atoms with Gasteiger partial charge in [-0.25, -0.2) is 0 Å². The number of carbonyl (C=O) groups is 1. The number of rotatable bonds is 7. The van der Waals surface area contributed by atoms with Gasteiger partial charge in [-0.15, -0.1) is 0 Å². The average molecular weight is 236 g/mol. The van der Waals surface area contributed by atoms with Crippen molar-refractivity contribution in [3.05, 3.63) is 35.4 Å². The number of amides is 1. The first-order valence-corrected chi connectivity index (χ1v) is 5.72. The van der Waals surface area contributed by atoms with Gasteiger partial charge in [-0.1, -0.05) is 19.1 Å². The molecular weight excluding hydrogens is 216 g/mol. The van der Waals surface area contributed by atoms with E-state index in [0.29, 0.717) is 11.5 Å². The van der Waals surface area contributed by atoms with Crippen LogP contribution in [-0.4, -0.2) is 26.2 Å². The molecule has 0 saturated carbocycles. The molecule has 1 atom stereocenters. The highest BCUT2D eigenvalue weighted by Crippen LogP contribution is 2.04. The van der Waals surface area contributed by atoms with E-state index in [0.717, 1.165) is 25.3 Å². The minimum Gasteiger partial charge on any atom is -0.384 e. The van der Waals surface area contributed by atoms with E-state index in [1.165, 1.54) is 0 Å². The number of nitrogens with two attached hydrogens (primary N) is 1. The summed E-state index contributed by atoms with van der Waals surface area (Å²) in [5.74, 6) is 0.0823. The van der Waals surface area contributed by atoms with Gasteiger partial charge in [0, 0.05) is 32.4 Å². The van der Waals surface area contributed by atoms with E-state index in [4.69, 9.17) is 10.5 Å². The third kappa shape index (κ3) is 4.97. The highest BCUT2D eigenvalue weighted by atomic mass is 16.5. The predicted octanol–water partition coefficient (Wildman–Crippen LogP) is 1.16. The summed E-state index contributed by atoms with van der Waals surface area (Å²) in [6, 6.07) is 7.35. The van der Waals surface area contributed by atoms with Crippen LogP contribution in [0, 0.1) is 5.92 Å². The molecule has 0 aromatic heterocycles. The molecule has 0 aliphatic carbocycles. The Morgan fingerprint density at radius 2 is 2.29 bits per heavy atom. The SMILES string of the molecule is COCC(C)CNCc1cccc(C(N)=O)c1. The normalized spacial score (nSPS) is 12.4. The zero-order chi connectivity index (χ0) is 12.7. The summed E-state index contributed by atoms with van der Waals surface area (Å²) in [6.45, 7) is 4.48. The zero-order valence-electron chi connectivity index (χ0n) is 10.4. The number of primary amides is 1. The van der Waals surface area contributed by atoms with Crippen LogP contribution in [0.25, 0.3) is 0 Å². The fourth-order valence-electron chi connectivity index (χ4n) is 1.64. The number of hydrogen-bond acceptors (Lipinski definition) is 3. The molecule has 3 N–H and O–H groups in total. The van der Waals surface area contributed by atoms with Crippen molar-refractivity contribution in [2.45, 2.75) is 13.5 Å². The molecule has 1 amide bonds. The van der Waals surface area contributed by atoms with Crippen LogP contribution in [0.1, 0.15) is 22.8 Å². The number of ether oxygens (including phenoxy) is 1. The van der Waals surface area contributed by atoms with Crippen molar-refractivity contribution < 1.29 is 9.53 Å². The largest absolute Gasteiger partial charge is 0.384 e.